The van der Waals surface area contributed by atoms with Crippen LogP contribution in [0.4, 0.5) is 10.5 Å². The third-order valence-electron chi connectivity index (χ3n) is 5.44. The van der Waals surface area contributed by atoms with Crippen LogP contribution in [0, 0.1) is 5.92 Å². The number of guanidine groups is 1. The van der Waals surface area contributed by atoms with Crippen LogP contribution in [0.2, 0.25) is 5.02 Å². The zero-order valence-corrected chi connectivity index (χ0v) is 22.3. The molecule has 2 N–H and O–H groups in total. The Balaban J connectivity index is 1.83. The van der Waals surface area contributed by atoms with Gasteiger partial charge in [-0.25, -0.2) is 14.8 Å². The van der Waals surface area contributed by atoms with Gasteiger partial charge in [0.05, 0.1) is 31.5 Å². The number of ether oxygens (including phenoxy) is 2. The number of benzene rings is 2. The largest absolute Gasteiger partial charge is 0.495 e. The van der Waals surface area contributed by atoms with E-state index in [9.17, 15) is 19.5 Å². The lowest BCUT2D eigenvalue weighted by Crippen LogP contribution is -2.49. The quantitative estimate of drug-likeness (QED) is 0.214. The van der Waals surface area contributed by atoms with Gasteiger partial charge < -0.3 is 19.5 Å². The Morgan fingerprint density at radius 3 is 2.33 bits per heavy atom. The predicted molar refractivity (Wildman–Crippen MR) is 145 cm³/mol. The molecule has 0 saturated heterocycles. The van der Waals surface area contributed by atoms with Crippen LogP contribution in [0.5, 0.6) is 17.4 Å². The number of carbonyl (C=O) groups excluding carboxylic acids is 2. The maximum Gasteiger partial charge on any atom is 0.323 e. The van der Waals surface area contributed by atoms with Crippen molar-refractivity contribution in [2.75, 3.05) is 20.7 Å². The molecule has 3 aromatic rings. The number of aliphatic imine (C=N–C) groups is 1. The van der Waals surface area contributed by atoms with Crippen molar-refractivity contribution in [1.29, 1.82) is 0 Å². The van der Waals surface area contributed by atoms with Gasteiger partial charge >= 0.3 is 12.0 Å². The van der Waals surface area contributed by atoms with Crippen LogP contribution in [0.25, 0.3) is 0 Å². The fourth-order valence-corrected chi connectivity index (χ4v) is 3.38. The summed E-state index contributed by atoms with van der Waals surface area (Å²) in [5, 5.41) is 12.3. The van der Waals surface area contributed by atoms with Crippen molar-refractivity contribution in [3.8, 4) is 17.4 Å². The van der Waals surface area contributed by atoms with Crippen LogP contribution in [-0.2, 0) is 16.1 Å². The minimum absolute atomic E-state index is 0.0435. The fraction of sp³-hybridized carbons (Fsp3) is 0.222. The van der Waals surface area contributed by atoms with Crippen LogP contribution in [0.15, 0.2) is 71.9 Å². The summed E-state index contributed by atoms with van der Waals surface area (Å²) in [7, 11) is 3.00. The Kier molecular flexibility index (Phi) is 10.2. The molecule has 0 aliphatic carbocycles. The zero-order valence-electron chi connectivity index (χ0n) is 21.6. The molecule has 0 spiro atoms. The van der Waals surface area contributed by atoms with Crippen molar-refractivity contribution in [2.24, 2.45) is 10.9 Å². The monoisotopic (exact) mass is 553 g/mol. The fourth-order valence-electron chi connectivity index (χ4n) is 3.26. The Hall–Kier alpha value is -4.64. The molecule has 3 amide bonds. The SMILES string of the molecule is COc1ccc(Oc2ccc(N=C(NC(=O)N(C)C[C@H](C)C(=O)O)N(C=O)Cc3ccc(Cl)cc3)cc2)nc1. The van der Waals surface area contributed by atoms with Crippen LogP contribution in [0.1, 0.15) is 12.5 Å². The van der Waals surface area contributed by atoms with Crippen LogP contribution in [-0.4, -0.2) is 65.0 Å². The number of methoxy groups -OCH3 is 1. The first-order valence-corrected chi connectivity index (χ1v) is 12.1. The molecule has 0 unspecified atom stereocenters. The molecule has 1 heterocycles. The summed E-state index contributed by atoms with van der Waals surface area (Å²) in [6.45, 7) is 1.54. The van der Waals surface area contributed by atoms with Gasteiger partial charge in [0, 0.05) is 24.7 Å². The summed E-state index contributed by atoms with van der Waals surface area (Å²) in [5.41, 5.74) is 1.17. The summed E-state index contributed by atoms with van der Waals surface area (Å²) >= 11 is 5.97. The van der Waals surface area contributed by atoms with Crippen molar-refractivity contribution in [1.82, 2.24) is 20.1 Å². The van der Waals surface area contributed by atoms with E-state index < -0.39 is 17.9 Å². The number of halogens is 1. The lowest BCUT2D eigenvalue weighted by Gasteiger charge is -2.24. The molecule has 39 heavy (non-hydrogen) atoms. The average Bonchev–Trinajstić information content (AvgIpc) is 2.93. The molecule has 1 aromatic heterocycles. The first-order chi connectivity index (χ1) is 18.7. The third kappa shape index (κ3) is 8.71. The highest BCUT2D eigenvalue weighted by Gasteiger charge is 2.21. The Bertz CT molecular complexity index is 1300. The summed E-state index contributed by atoms with van der Waals surface area (Å²) in [5.74, 6) is -0.409. The summed E-state index contributed by atoms with van der Waals surface area (Å²) in [6.07, 6.45) is 2.08. The summed E-state index contributed by atoms with van der Waals surface area (Å²) in [6, 6.07) is 16.2. The number of aromatic nitrogens is 1. The maximum absolute atomic E-state index is 12.9. The molecular formula is C27H28ClN5O6. The summed E-state index contributed by atoms with van der Waals surface area (Å²) < 4.78 is 10.8. The highest BCUT2D eigenvalue weighted by molar-refractivity contribution is 6.30. The van der Waals surface area contributed by atoms with Gasteiger partial charge in [-0.1, -0.05) is 30.7 Å². The van der Waals surface area contributed by atoms with Crippen molar-refractivity contribution in [3.05, 3.63) is 77.4 Å². The number of hydrogen-bond acceptors (Lipinski definition) is 7. The van der Waals surface area contributed by atoms with E-state index in [1.54, 1.807) is 67.8 Å². The molecular weight excluding hydrogens is 526 g/mol. The highest BCUT2D eigenvalue weighted by atomic mass is 35.5. The van der Waals surface area contributed by atoms with Gasteiger partial charge in [0.25, 0.3) is 0 Å². The molecule has 2 aromatic carbocycles. The molecule has 11 nitrogen and oxygen atoms in total. The van der Waals surface area contributed by atoms with E-state index in [0.29, 0.717) is 34.5 Å². The molecule has 1 atom stereocenters. The Morgan fingerprint density at radius 2 is 1.77 bits per heavy atom. The van der Waals surface area contributed by atoms with Crippen molar-refractivity contribution in [2.45, 2.75) is 13.5 Å². The number of carboxylic acid groups (broad SMARTS) is 1. The van der Waals surface area contributed by atoms with Crippen LogP contribution < -0.4 is 14.8 Å². The van der Waals surface area contributed by atoms with E-state index in [1.165, 1.54) is 30.0 Å². The number of urea groups is 1. The molecule has 0 bridgehead atoms. The Morgan fingerprint density at radius 1 is 1.10 bits per heavy atom. The van der Waals surface area contributed by atoms with Gasteiger partial charge in [-0.3, -0.25) is 19.8 Å². The Labute approximate surface area is 230 Å². The standard InChI is InChI=1S/C27H28ClN5O6/c1-18(25(35)36)15-32(2)27(37)31-26(33(17-34)16-19-4-6-20(28)7-5-19)30-21-8-10-22(11-9-21)39-24-13-12-23(38-3)14-29-24/h4-14,17-18H,15-16H2,1-3H3,(H,35,36)(H,30,31,37)/t18-/m0/s1. The highest BCUT2D eigenvalue weighted by Crippen LogP contribution is 2.24. The number of pyridine rings is 1. The molecule has 0 fully saturated rings. The number of aliphatic carboxylic acids is 1. The zero-order chi connectivity index (χ0) is 28.4. The van der Waals surface area contributed by atoms with E-state index in [-0.39, 0.29) is 19.0 Å². The van der Waals surface area contributed by atoms with E-state index in [0.717, 1.165) is 5.56 Å². The van der Waals surface area contributed by atoms with Crippen LogP contribution in [0.3, 0.4) is 0 Å². The number of hydrogen-bond donors (Lipinski definition) is 2. The van der Waals surface area contributed by atoms with E-state index in [1.807, 2.05) is 0 Å². The van der Waals surface area contributed by atoms with Crippen LogP contribution >= 0.6 is 11.6 Å². The van der Waals surface area contributed by atoms with Gasteiger partial charge in [-0.05, 0) is 48.0 Å². The maximum atomic E-state index is 12.9. The molecule has 0 radical (unpaired) electrons. The smallest absolute Gasteiger partial charge is 0.323 e. The second-order valence-electron chi connectivity index (χ2n) is 8.48. The third-order valence-corrected chi connectivity index (χ3v) is 5.69. The number of nitrogens with one attached hydrogen (secondary N) is 1. The molecule has 3 rings (SSSR count). The number of carboxylic acids is 1. The second kappa shape index (κ2) is 13.8. The van der Waals surface area contributed by atoms with E-state index >= 15 is 0 Å². The molecule has 12 heteroatoms. The topological polar surface area (TPSA) is 134 Å². The first kappa shape index (κ1) is 28.9. The minimum atomic E-state index is -1.03. The average molecular weight is 554 g/mol. The normalized spacial score (nSPS) is 11.7. The number of amides is 3. The van der Waals surface area contributed by atoms with Gasteiger partial charge in [0.1, 0.15) is 11.5 Å². The van der Waals surface area contributed by atoms with Crippen molar-refractivity contribution >= 4 is 41.7 Å². The van der Waals surface area contributed by atoms with Gasteiger partial charge in [0.15, 0.2) is 0 Å². The summed E-state index contributed by atoms with van der Waals surface area (Å²) in [4.78, 5) is 47.2. The molecule has 0 aliphatic heterocycles. The predicted octanol–water partition coefficient (Wildman–Crippen LogP) is 4.54. The molecule has 204 valence electrons. The number of carbonyl (C=O) groups is 3. The minimum Gasteiger partial charge on any atom is -0.495 e. The molecule has 0 saturated carbocycles. The van der Waals surface area contributed by atoms with Gasteiger partial charge in [-0.15, -0.1) is 0 Å². The number of rotatable bonds is 10. The van der Waals surface area contributed by atoms with Gasteiger partial charge in [0.2, 0.25) is 18.2 Å². The molecule has 0 aliphatic rings. The van der Waals surface area contributed by atoms with Crippen molar-refractivity contribution < 1.29 is 29.0 Å². The first-order valence-electron chi connectivity index (χ1n) is 11.8. The lowest BCUT2D eigenvalue weighted by atomic mass is 10.2. The number of nitrogens with zero attached hydrogens (tertiary/aromatic N) is 4. The second-order valence-corrected chi connectivity index (χ2v) is 8.91. The van der Waals surface area contributed by atoms with Crippen molar-refractivity contribution in [3.63, 3.8) is 0 Å². The lowest BCUT2D eigenvalue weighted by molar-refractivity contribution is -0.141. The van der Waals surface area contributed by atoms with E-state index in [2.05, 4.69) is 15.3 Å². The van der Waals surface area contributed by atoms with E-state index in [4.69, 9.17) is 21.1 Å². The van der Waals surface area contributed by atoms with Gasteiger partial charge in [-0.2, -0.15) is 0 Å².